The highest BCUT2D eigenvalue weighted by Gasteiger charge is 2.24. The molecular formula is C19H19ClN2O5S. The van der Waals surface area contributed by atoms with E-state index in [1.54, 1.807) is 17.9 Å². The van der Waals surface area contributed by atoms with Gasteiger partial charge in [-0.15, -0.1) is 0 Å². The number of nitrogens with zero attached hydrogens (tertiary/aromatic N) is 1. The Kier molecular flexibility index (Phi) is 5.62. The van der Waals surface area contributed by atoms with Gasteiger partial charge in [-0.25, -0.2) is 13.2 Å². The van der Waals surface area contributed by atoms with Crippen molar-refractivity contribution in [3.05, 3.63) is 52.5 Å². The van der Waals surface area contributed by atoms with Crippen LogP contribution < -0.4 is 9.62 Å². The molecule has 0 atom stereocenters. The van der Waals surface area contributed by atoms with E-state index in [2.05, 4.69) is 9.46 Å². The molecule has 0 saturated carbocycles. The summed E-state index contributed by atoms with van der Waals surface area (Å²) in [6, 6.07) is 8.74. The van der Waals surface area contributed by atoms with Gasteiger partial charge in [0.05, 0.1) is 28.3 Å². The standard InChI is InChI=1S/C19H19ClN2O5S/c1-12-10-14(6-8-17(12)22-9-3-4-18(22)23)28(25,26)21-16-11-13(19(24)27-2)5-7-15(16)20/h5-8,10-11,21H,3-4,9H2,1-2H3. The van der Waals surface area contributed by atoms with Gasteiger partial charge < -0.3 is 9.64 Å². The molecule has 9 heteroatoms. The SMILES string of the molecule is COC(=O)c1ccc(Cl)c(NS(=O)(=O)c2ccc(N3CCCC3=O)c(C)c2)c1. The second kappa shape index (κ2) is 7.81. The van der Waals surface area contributed by atoms with Gasteiger partial charge in [-0.2, -0.15) is 0 Å². The molecule has 0 radical (unpaired) electrons. The fourth-order valence-corrected chi connectivity index (χ4v) is 4.43. The van der Waals surface area contributed by atoms with Gasteiger partial charge in [0.2, 0.25) is 5.91 Å². The van der Waals surface area contributed by atoms with Crippen LogP contribution in [0, 0.1) is 6.92 Å². The zero-order valence-corrected chi connectivity index (χ0v) is 16.9. The number of aryl methyl sites for hydroxylation is 1. The van der Waals surface area contributed by atoms with E-state index in [4.69, 9.17) is 11.6 Å². The first kappa shape index (κ1) is 20.2. The van der Waals surface area contributed by atoms with Crippen LogP contribution in [-0.4, -0.2) is 33.9 Å². The lowest BCUT2D eigenvalue weighted by Gasteiger charge is -2.19. The van der Waals surface area contributed by atoms with Crippen molar-refractivity contribution in [3.63, 3.8) is 0 Å². The van der Waals surface area contributed by atoms with Gasteiger partial charge in [-0.05, 0) is 55.3 Å². The largest absolute Gasteiger partial charge is 0.465 e. The average molecular weight is 423 g/mol. The summed E-state index contributed by atoms with van der Waals surface area (Å²) >= 11 is 6.07. The maximum absolute atomic E-state index is 12.8. The zero-order chi connectivity index (χ0) is 20.5. The molecule has 3 rings (SSSR count). The third kappa shape index (κ3) is 3.98. The maximum atomic E-state index is 12.8. The second-order valence-electron chi connectivity index (χ2n) is 6.39. The first-order valence-corrected chi connectivity index (χ1v) is 10.4. The highest BCUT2D eigenvalue weighted by molar-refractivity contribution is 7.92. The van der Waals surface area contributed by atoms with Crippen LogP contribution in [0.4, 0.5) is 11.4 Å². The first-order chi connectivity index (χ1) is 13.2. The molecule has 1 N–H and O–H groups in total. The molecule has 7 nitrogen and oxygen atoms in total. The van der Waals surface area contributed by atoms with Gasteiger partial charge in [0.15, 0.2) is 0 Å². The van der Waals surface area contributed by atoms with Crippen molar-refractivity contribution in [2.24, 2.45) is 0 Å². The molecule has 1 amide bonds. The van der Waals surface area contributed by atoms with Crippen LogP contribution in [0.5, 0.6) is 0 Å². The summed E-state index contributed by atoms with van der Waals surface area (Å²) < 4.78 is 32.6. The lowest BCUT2D eigenvalue weighted by molar-refractivity contribution is -0.117. The number of esters is 1. The molecule has 1 aliphatic heterocycles. The van der Waals surface area contributed by atoms with E-state index < -0.39 is 16.0 Å². The highest BCUT2D eigenvalue weighted by Crippen LogP contribution is 2.30. The smallest absolute Gasteiger partial charge is 0.337 e. The van der Waals surface area contributed by atoms with E-state index in [1.165, 1.54) is 37.4 Å². The summed E-state index contributed by atoms with van der Waals surface area (Å²) in [6.45, 7) is 2.38. The predicted molar refractivity (Wildman–Crippen MR) is 106 cm³/mol. The quantitative estimate of drug-likeness (QED) is 0.746. The number of nitrogens with one attached hydrogen (secondary N) is 1. The number of methoxy groups -OCH3 is 1. The van der Waals surface area contributed by atoms with Crippen LogP contribution in [0.25, 0.3) is 0 Å². The van der Waals surface area contributed by atoms with Gasteiger partial charge in [-0.1, -0.05) is 11.6 Å². The maximum Gasteiger partial charge on any atom is 0.337 e. The van der Waals surface area contributed by atoms with Crippen molar-refractivity contribution in [1.82, 2.24) is 0 Å². The second-order valence-corrected chi connectivity index (χ2v) is 8.48. The summed E-state index contributed by atoms with van der Waals surface area (Å²) in [7, 11) is -2.72. The van der Waals surface area contributed by atoms with E-state index in [0.717, 1.165) is 6.42 Å². The fraction of sp³-hybridized carbons (Fsp3) is 0.263. The molecule has 0 aliphatic carbocycles. The molecule has 0 aromatic heterocycles. The van der Waals surface area contributed by atoms with E-state index in [1.807, 2.05) is 0 Å². The van der Waals surface area contributed by atoms with Crippen LogP contribution >= 0.6 is 11.6 Å². The van der Waals surface area contributed by atoms with Crippen LogP contribution in [0.15, 0.2) is 41.3 Å². The Labute approximate surface area is 168 Å². The molecule has 1 aliphatic rings. The number of benzene rings is 2. The van der Waals surface area contributed by atoms with Crippen LogP contribution in [0.3, 0.4) is 0 Å². The average Bonchev–Trinajstić information content (AvgIpc) is 3.08. The molecule has 1 fully saturated rings. The monoisotopic (exact) mass is 422 g/mol. The number of amides is 1. The van der Waals surface area contributed by atoms with Crippen molar-refractivity contribution < 1.29 is 22.7 Å². The number of carbonyl (C=O) groups excluding carboxylic acids is 2. The Morgan fingerprint density at radius 1 is 1.21 bits per heavy atom. The summed E-state index contributed by atoms with van der Waals surface area (Å²) in [5.74, 6) is -0.573. The van der Waals surface area contributed by atoms with Gasteiger partial charge in [0.25, 0.3) is 10.0 Å². The van der Waals surface area contributed by atoms with E-state index in [0.29, 0.717) is 24.2 Å². The Morgan fingerprint density at radius 3 is 2.57 bits per heavy atom. The van der Waals surface area contributed by atoms with Gasteiger partial charge in [0.1, 0.15) is 0 Å². The number of hydrogen-bond acceptors (Lipinski definition) is 5. The minimum Gasteiger partial charge on any atom is -0.465 e. The number of ether oxygens (including phenoxy) is 1. The molecule has 0 unspecified atom stereocenters. The van der Waals surface area contributed by atoms with Crippen molar-refractivity contribution in [2.45, 2.75) is 24.7 Å². The Balaban J connectivity index is 1.90. The van der Waals surface area contributed by atoms with E-state index in [9.17, 15) is 18.0 Å². The lowest BCUT2D eigenvalue weighted by Crippen LogP contribution is -2.24. The number of carbonyl (C=O) groups is 2. The lowest BCUT2D eigenvalue weighted by atomic mass is 10.2. The molecule has 148 valence electrons. The first-order valence-electron chi connectivity index (χ1n) is 8.54. The normalized spacial score (nSPS) is 14.2. The third-order valence-corrected chi connectivity index (χ3v) is 6.17. The molecule has 0 bridgehead atoms. The number of halogens is 1. The molecule has 0 spiro atoms. The Morgan fingerprint density at radius 2 is 1.96 bits per heavy atom. The number of anilines is 2. The van der Waals surface area contributed by atoms with Crippen LogP contribution in [-0.2, 0) is 19.6 Å². The predicted octanol–water partition coefficient (Wildman–Crippen LogP) is 3.36. The van der Waals surface area contributed by atoms with Gasteiger partial charge in [-0.3, -0.25) is 9.52 Å². The Bertz CT molecular complexity index is 1050. The topological polar surface area (TPSA) is 92.8 Å². The minimum absolute atomic E-state index is 0.0277. The molecule has 28 heavy (non-hydrogen) atoms. The summed E-state index contributed by atoms with van der Waals surface area (Å²) in [4.78, 5) is 25.3. The summed E-state index contributed by atoms with van der Waals surface area (Å²) in [5.41, 5.74) is 1.62. The van der Waals surface area contributed by atoms with Gasteiger partial charge >= 0.3 is 5.97 Å². The zero-order valence-electron chi connectivity index (χ0n) is 15.4. The van der Waals surface area contributed by atoms with Crippen molar-refractivity contribution >= 4 is 44.9 Å². The minimum atomic E-state index is -3.95. The molecule has 2 aromatic carbocycles. The summed E-state index contributed by atoms with van der Waals surface area (Å²) in [5, 5.41) is 0.146. The highest BCUT2D eigenvalue weighted by atomic mass is 35.5. The number of hydrogen-bond donors (Lipinski definition) is 1. The van der Waals surface area contributed by atoms with E-state index in [-0.39, 0.29) is 27.1 Å². The van der Waals surface area contributed by atoms with Crippen molar-refractivity contribution in [2.75, 3.05) is 23.3 Å². The van der Waals surface area contributed by atoms with E-state index >= 15 is 0 Å². The van der Waals surface area contributed by atoms with Crippen LogP contribution in [0.1, 0.15) is 28.8 Å². The molecule has 1 saturated heterocycles. The number of sulfonamides is 1. The summed E-state index contributed by atoms with van der Waals surface area (Å²) in [6.07, 6.45) is 1.28. The van der Waals surface area contributed by atoms with Crippen molar-refractivity contribution in [3.8, 4) is 0 Å². The molecule has 1 heterocycles. The van der Waals surface area contributed by atoms with Crippen molar-refractivity contribution in [1.29, 1.82) is 0 Å². The number of rotatable bonds is 5. The third-order valence-electron chi connectivity index (χ3n) is 4.47. The Hall–Kier alpha value is -2.58. The molecule has 2 aromatic rings. The fourth-order valence-electron chi connectivity index (χ4n) is 3.05. The van der Waals surface area contributed by atoms with Crippen LogP contribution in [0.2, 0.25) is 5.02 Å². The van der Waals surface area contributed by atoms with Gasteiger partial charge in [0, 0.05) is 18.7 Å². The molecular weight excluding hydrogens is 404 g/mol.